The Hall–Kier alpha value is -1.70. The smallest absolute Gasteiger partial charge is 0.191 e. The third kappa shape index (κ3) is 7.37. The molecule has 0 aliphatic carbocycles. The van der Waals surface area contributed by atoms with E-state index >= 15 is 0 Å². The molecule has 2 N–H and O–H groups in total. The van der Waals surface area contributed by atoms with E-state index in [0.717, 1.165) is 43.9 Å². The molecule has 1 aliphatic rings. The molecule has 1 heterocycles. The number of nitrogens with one attached hydrogen (secondary N) is 2. The summed E-state index contributed by atoms with van der Waals surface area (Å²) in [5.74, 6) is 0.576. The van der Waals surface area contributed by atoms with Crippen molar-refractivity contribution >= 4 is 5.96 Å². The first kappa shape index (κ1) is 22.6. The monoisotopic (exact) mass is 395 g/mol. The molecule has 2 rings (SSSR count). The fourth-order valence-electron chi connectivity index (χ4n) is 3.32. The first-order valence-corrected chi connectivity index (χ1v) is 10.1. The Morgan fingerprint density at radius 1 is 1.21 bits per heavy atom. The van der Waals surface area contributed by atoms with Gasteiger partial charge in [0.15, 0.2) is 5.96 Å². The van der Waals surface area contributed by atoms with Gasteiger partial charge in [-0.2, -0.15) is 0 Å². The lowest BCUT2D eigenvalue weighted by atomic mass is 9.74. The van der Waals surface area contributed by atoms with Crippen LogP contribution < -0.4 is 10.6 Å². The summed E-state index contributed by atoms with van der Waals surface area (Å²) >= 11 is 0. The SMILES string of the molecule is CCNC(=NCC1(c2cccc(F)c2)CCOCC1)NCCCOCCOC. The second-order valence-corrected chi connectivity index (χ2v) is 6.98. The average molecular weight is 396 g/mol. The highest BCUT2D eigenvalue weighted by atomic mass is 19.1. The number of rotatable bonds is 11. The minimum absolute atomic E-state index is 0.189. The zero-order valence-electron chi connectivity index (χ0n) is 17.1. The van der Waals surface area contributed by atoms with E-state index < -0.39 is 0 Å². The van der Waals surface area contributed by atoms with Crippen LogP contribution in [-0.4, -0.2) is 65.7 Å². The standard InChI is InChI=1S/C21H34FN3O3/c1-3-23-20(24-10-5-11-27-15-14-26-2)25-17-21(8-12-28-13-9-21)18-6-4-7-19(22)16-18/h4,6-7,16H,3,5,8-15,17H2,1-2H3,(H2,23,24,25). The molecule has 0 atom stereocenters. The Labute approximate surface area is 167 Å². The van der Waals surface area contributed by atoms with Crippen LogP contribution in [0.5, 0.6) is 0 Å². The molecule has 1 fully saturated rings. The van der Waals surface area contributed by atoms with Gasteiger partial charge in [-0.15, -0.1) is 0 Å². The minimum Gasteiger partial charge on any atom is -0.382 e. The molecule has 0 amide bonds. The van der Waals surface area contributed by atoms with Crippen LogP contribution in [0.15, 0.2) is 29.3 Å². The van der Waals surface area contributed by atoms with Crippen molar-refractivity contribution in [1.29, 1.82) is 0 Å². The van der Waals surface area contributed by atoms with E-state index in [1.54, 1.807) is 19.2 Å². The molecule has 0 spiro atoms. The average Bonchev–Trinajstić information content (AvgIpc) is 2.72. The minimum atomic E-state index is -0.203. The second kappa shape index (κ2) is 12.7. The number of halogens is 1. The van der Waals surface area contributed by atoms with Crippen LogP contribution in [0.3, 0.4) is 0 Å². The Kier molecular flexibility index (Phi) is 10.2. The van der Waals surface area contributed by atoms with Crippen molar-refractivity contribution in [2.24, 2.45) is 4.99 Å². The molecule has 0 unspecified atom stereocenters. The van der Waals surface area contributed by atoms with E-state index in [-0.39, 0.29) is 11.2 Å². The number of hydrogen-bond acceptors (Lipinski definition) is 4. The summed E-state index contributed by atoms with van der Waals surface area (Å²) in [6.45, 7) is 7.46. The summed E-state index contributed by atoms with van der Waals surface area (Å²) in [4.78, 5) is 4.82. The highest BCUT2D eigenvalue weighted by molar-refractivity contribution is 5.79. The fraction of sp³-hybridized carbons (Fsp3) is 0.667. The molecular formula is C21H34FN3O3. The topological polar surface area (TPSA) is 64.1 Å². The highest BCUT2D eigenvalue weighted by Gasteiger charge is 2.34. The van der Waals surface area contributed by atoms with Gasteiger partial charge >= 0.3 is 0 Å². The maximum absolute atomic E-state index is 13.8. The van der Waals surface area contributed by atoms with Crippen molar-refractivity contribution in [1.82, 2.24) is 10.6 Å². The predicted molar refractivity (Wildman–Crippen MR) is 109 cm³/mol. The number of aliphatic imine (C=N–C) groups is 1. The zero-order chi connectivity index (χ0) is 20.1. The molecule has 158 valence electrons. The van der Waals surface area contributed by atoms with Gasteiger partial charge in [-0.25, -0.2) is 4.39 Å². The lowest BCUT2D eigenvalue weighted by molar-refractivity contribution is 0.0530. The highest BCUT2D eigenvalue weighted by Crippen LogP contribution is 2.35. The zero-order valence-corrected chi connectivity index (χ0v) is 17.1. The third-order valence-electron chi connectivity index (χ3n) is 4.96. The molecule has 1 aromatic carbocycles. The van der Waals surface area contributed by atoms with Crippen LogP contribution in [0, 0.1) is 5.82 Å². The van der Waals surface area contributed by atoms with Crippen LogP contribution >= 0.6 is 0 Å². The maximum atomic E-state index is 13.8. The number of nitrogens with zero attached hydrogens (tertiary/aromatic N) is 1. The van der Waals surface area contributed by atoms with Crippen LogP contribution in [-0.2, 0) is 19.6 Å². The van der Waals surface area contributed by atoms with E-state index in [0.29, 0.717) is 39.6 Å². The van der Waals surface area contributed by atoms with Crippen LogP contribution in [0.25, 0.3) is 0 Å². The number of benzene rings is 1. The van der Waals surface area contributed by atoms with Crippen LogP contribution in [0.2, 0.25) is 0 Å². The first-order valence-electron chi connectivity index (χ1n) is 10.1. The van der Waals surface area contributed by atoms with Crippen molar-refractivity contribution in [3.8, 4) is 0 Å². The Bertz CT molecular complexity index is 592. The maximum Gasteiger partial charge on any atom is 0.191 e. The quantitative estimate of drug-likeness (QED) is 0.342. The van der Waals surface area contributed by atoms with Crippen molar-refractivity contribution in [2.75, 3.05) is 59.8 Å². The second-order valence-electron chi connectivity index (χ2n) is 6.98. The number of guanidine groups is 1. The first-order chi connectivity index (χ1) is 13.7. The molecule has 0 bridgehead atoms. The molecule has 7 heteroatoms. The molecule has 28 heavy (non-hydrogen) atoms. The van der Waals surface area contributed by atoms with E-state index in [2.05, 4.69) is 10.6 Å². The predicted octanol–water partition coefficient (Wildman–Crippen LogP) is 2.48. The van der Waals surface area contributed by atoms with Gasteiger partial charge < -0.3 is 24.8 Å². The van der Waals surface area contributed by atoms with Gasteiger partial charge in [-0.3, -0.25) is 4.99 Å². The summed E-state index contributed by atoms with van der Waals surface area (Å²) in [6.07, 6.45) is 2.57. The molecule has 0 aromatic heterocycles. The molecule has 1 aromatic rings. The van der Waals surface area contributed by atoms with E-state index in [1.807, 2.05) is 13.0 Å². The van der Waals surface area contributed by atoms with Gasteiger partial charge in [-0.1, -0.05) is 12.1 Å². The van der Waals surface area contributed by atoms with Crippen LogP contribution in [0.1, 0.15) is 31.7 Å². The summed E-state index contributed by atoms with van der Waals surface area (Å²) < 4.78 is 29.8. The van der Waals surface area contributed by atoms with Crippen LogP contribution in [0.4, 0.5) is 4.39 Å². The number of ether oxygens (including phenoxy) is 3. The van der Waals surface area contributed by atoms with Gasteiger partial charge in [0, 0.05) is 45.4 Å². The summed E-state index contributed by atoms with van der Waals surface area (Å²) in [6, 6.07) is 6.90. The van der Waals surface area contributed by atoms with Gasteiger partial charge in [0.1, 0.15) is 5.82 Å². The summed E-state index contributed by atoms with van der Waals surface area (Å²) in [5.41, 5.74) is 0.813. The van der Waals surface area contributed by atoms with E-state index in [1.165, 1.54) is 6.07 Å². The van der Waals surface area contributed by atoms with Gasteiger partial charge in [0.05, 0.1) is 19.8 Å². The molecule has 0 radical (unpaired) electrons. The van der Waals surface area contributed by atoms with Crippen molar-refractivity contribution in [3.63, 3.8) is 0 Å². The van der Waals surface area contributed by atoms with Gasteiger partial charge in [-0.05, 0) is 43.9 Å². The molecule has 1 saturated heterocycles. The number of hydrogen-bond donors (Lipinski definition) is 2. The molecule has 1 aliphatic heterocycles. The third-order valence-corrected chi connectivity index (χ3v) is 4.96. The fourth-order valence-corrected chi connectivity index (χ4v) is 3.32. The Morgan fingerprint density at radius 3 is 2.75 bits per heavy atom. The van der Waals surface area contributed by atoms with Crippen molar-refractivity contribution < 1.29 is 18.6 Å². The van der Waals surface area contributed by atoms with Gasteiger partial charge in [0.2, 0.25) is 0 Å². The van der Waals surface area contributed by atoms with Crippen molar-refractivity contribution in [3.05, 3.63) is 35.6 Å². The van der Waals surface area contributed by atoms with Crippen molar-refractivity contribution in [2.45, 2.75) is 31.6 Å². The normalized spacial score (nSPS) is 16.8. The molecule has 6 nitrogen and oxygen atoms in total. The Morgan fingerprint density at radius 2 is 2.04 bits per heavy atom. The Balaban J connectivity index is 1.95. The van der Waals surface area contributed by atoms with E-state index in [4.69, 9.17) is 19.2 Å². The lowest BCUT2D eigenvalue weighted by Crippen LogP contribution is -2.41. The summed E-state index contributed by atoms with van der Waals surface area (Å²) in [7, 11) is 1.67. The largest absolute Gasteiger partial charge is 0.382 e. The number of methoxy groups -OCH3 is 1. The molecule has 0 saturated carbocycles. The van der Waals surface area contributed by atoms with Gasteiger partial charge in [0.25, 0.3) is 0 Å². The summed E-state index contributed by atoms with van der Waals surface area (Å²) in [5, 5.41) is 6.64. The molecular weight excluding hydrogens is 361 g/mol. The lowest BCUT2D eigenvalue weighted by Gasteiger charge is -2.36. The van der Waals surface area contributed by atoms with E-state index in [9.17, 15) is 4.39 Å².